The van der Waals surface area contributed by atoms with Crippen LogP contribution in [0.15, 0.2) is 59.4 Å². The standard InChI is InChI=1S/C19H18N2O2/c1-13-6-8-14(9-7-13)10-18(22)20-12-16-11-15-4-2-3-5-17(15)21-19(16)23/h2-9,11H,10,12H2,1H3,(H,20,22)(H,21,23). The molecule has 1 heterocycles. The van der Waals surface area contributed by atoms with Gasteiger partial charge in [-0.05, 0) is 30.0 Å². The van der Waals surface area contributed by atoms with Crippen molar-refractivity contribution < 1.29 is 4.79 Å². The van der Waals surface area contributed by atoms with Crippen LogP contribution in [-0.4, -0.2) is 10.9 Å². The summed E-state index contributed by atoms with van der Waals surface area (Å²) in [5.74, 6) is -0.0959. The van der Waals surface area contributed by atoms with Crippen LogP contribution in [0.5, 0.6) is 0 Å². The maximum atomic E-state index is 12.0. The van der Waals surface area contributed by atoms with Gasteiger partial charge in [-0.25, -0.2) is 0 Å². The molecule has 0 saturated heterocycles. The van der Waals surface area contributed by atoms with Crippen LogP contribution in [0.2, 0.25) is 0 Å². The summed E-state index contributed by atoms with van der Waals surface area (Å²) in [5, 5.41) is 3.76. The molecule has 1 aromatic heterocycles. The van der Waals surface area contributed by atoms with Gasteiger partial charge in [0.05, 0.1) is 6.42 Å². The zero-order valence-corrected chi connectivity index (χ0v) is 12.9. The summed E-state index contributed by atoms with van der Waals surface area (Å²) in [6, 6.07) is 17.3. The Morgan fingerprint density at radius 1 is 1.09 bits per heavy atom. The van der Waals surface area contributed by atoms with Gasteiger partial charge >= 0.3 is 0 Å². The number of aromatic nitrogens is 1. The van der Waals surface area contributed by atoms with Crippen molar-refractivity contribution in [3.05, 3.63) is 81.6 Å². The molecule has 0 unspecified atom stereocenters. The van der Waals surface area contributed by atoms with E-state index in [1.807, 2.05) is 61.5 Å². The molecule has 0 aliphatic heterocycles. The van der Waals surface area contributed by atoms with Crippen molar-refractivity contribution in [3.63, 3.8) is 0 Å². The fourth-order valence-corrected chi connectivity index (χ4v) is 2.47. The van der Waals surface area contributed by atoms with Gasteiger partial charge in [0.2, 0.25) is 5.91 Å². The van der Waals surface area contributed by atoms with E-state index in [0.29, 0.717) is 12.0 Å². The second kappa shape index (κ2) is 6.48. The number of H-pyrrole nitrogens is 1. The summed E-state index contributed by atoms with van der Waals surface area (Å²) >= 11 is 0. The van der Waals surface area contributed by atoms with E-state index in [1.165, 1.54) is 0 Å². The zero-order chi connectivity index (χ0) is 16.2. The number of para-hydroxylation sites is 1. The molecule has 0 radical (unpaired) electrons. The molecule has 116 valence electrons. The van der Waals surface area contributed by atoms with Crippen molar-refractivity contribution in [2.24, 2.45) is 0 Å². The van der Waals surface area contributed by atoms with Gasteiger partial charge in [0.1, 0.15) is 0 Å². The highest BCUT2D eigenvalue weighted by atomic mass is 16.1. The summed E-state index contributed by atoms with van der Waals surface area (Å²) < 4.78 is 0. The molecular formula is C19H18N2O2. The number of nitrogens with one attached hydrogen (secondary N) is 2. The summed E-state index contributed by atoms with van der Waals surface area (Å²) in [7, 11) is 0. The molecule has 0 bridgehead atoms. The van der Waals surface area contributed by atoms with Gasteiger partial charge in [0, 0.05) is 17.6 Å². The first-order valence-electron chi connectivity index (χ1n) is 7.55. The fraction of sp³-hybridized carbons (Fsp3) is 0.158. The van der Waals surface area contributed by atoms with Gasteiger partial charge in [-0.2, -0.15) is 0 Å². The summed E-state index contributed by atoms with van der Waals surface area (Å²) in [6.45, 7) is 2.24. The minimum Gasteiger partial charge on any atom is -0.352 e. The molecule has 23 heavy (non-hydrogen) atoms. The second-order valence-corrected chi connectivity index (χ2v) is 5.65. The van der Waals surface area contributed by atoms with Crippen molar-refractivity contribution in [2.45, 2.75) is 19.9 Å². The SMILES string of the molecule is Cc1ccc(CC(=O)NCc2cc3ccccc3[nH]c2=O)cc1. The second-order valence-electron chi connectivity index (χ2n) is 5.65. The minimum atomic E-state index is -0.167. The number of benzene rings is 2. The van der Waals surface area contributed by atoms with E-state index < -0.39 is 0 Å². The van der Waals surface area contributed by atoms with Crippen LogP contribution in [-0.2, 0) is 17.8 Å². The van der Waals surface area contributed by atoms with Crippen LogP contribution in [0, 0.1) is 6.92 Å². The normalized spacial score (nSPS) is 10.7. The molecule has 0 atom stereocenters. The van der Waals surface area contributed by atoms with Crippen molar-refractivity contribution in [2.75, 3.05) is 0 Å². The molecule has 1 amide bonds. The van der Waals surface area contributed by atoms with Crippen LogP contribution >= 0.6 is 0 Å². The summed E-state index contributed by atoms with van der Waals surface area (Å²) in [6.07, 6.45) is 0.311. The summed E-state index contributed by atoms with van der Waals surface area (Å²) in [4.78, 5) is 26.9. The van der Waals surface area contributed by atoms with E-state index in [4.69, 9.17) is 0 Å². The lowest BCUT2D eigenvalue weighted by Crippen LogP contribution is -2.27. The van der Waals surface area contributed by atoms with Crippen molar-refractivity contribution >= 4 is 16.8 Å². The first kappa shape index (κ1) is 15.0. The van der Waals surface area contributed by atoms with Crippen LogP contribution in [0.25, 0.3) is 10.9 Å². The third-order valence-electron chi connectivity index (χ3n) is 3.79. The number of carbonyl (C=O) groups excluding carboxylic acids is 1. The predicted octanol–water partition coefficient (Wildman–Crippen LogP) is 2.70. The molecular weight excluding hydrogens is 288 g/mol. The van der Waals surface area contributed by atoms with Crippen LogP contribution in [0.3, 0.4) is 0 Å². The van der Waals surface area contributed by atoms with E-state index in [-0.39, 0.29) is 18.0 Å². The molecule has 2 aromatic carbocycles. The molecule has 0 saturated carbocycles. The zero-order valence-electron chi connectivity index (χ0n) is 12.9. The number of aromatic amines is 1. The number of hydrogen-bond acceptors (Lipinski definition) is 2. The highest BCUT2D eigenvalue weighted by molar-refractivity contribution is 5.80. The van der Waals surface area contributed by atoms with Crippen LogP contribution in [0.1, 0.15) is 16.7 Å². The molecule has 0 spiro atoms. The number of carbonyl (C=O) groups is 1. The van der Waals surface area contributed by atoms with Crippen molar-refractivity contribution in [1.29, 1.82) is 0 Å². The van der Waals surface area contributed by atoms with Gasteiger partial charge < -0.3 is 10.3 Å². The lowest BCUT2D eigenvalue weighted by molar-refractivity contribution is -0.120. The average molecular weight is 306 g/mol. The number of amides is 1. The Morgan fingerprint density at radius 3 is 2.61 bits per heavy atom. The van der Waals surface area contributed by atoms with Gasteiger partial charge in [-0.3, -0.25) is 9.59 Å². The van der Waals surface area contributed by atoms with Gasteiger partial charge in [-0.15, -0.1) is 0 Å². The predicted molar refractivity (Wildman–Crippen MR) is 91.3 cm³/mol. The van der Waals surface area contributed by atoms with Gasteiger partial charge in [0.15, 0.2) is 0 Å². The molecule has 3 aromatic rings. The number of pyridine rings is 1. The maximum absolute atomic E-state index is 12.0. The minimum absolute atomic E-state index is 0.0959. The third-order valence-corrected chi connectivity index (χ3v) is 3.79. The Kier molecular flexibility index (Phi) is 4.24. The average Bonchev–Trinajstić information content (AvgIpc) is 2.55. The molecule has 0 fully saturated rings. The van der Waals surface area contributed by atoms with E-state index in [0.717, 1.165) is 22.0 Å². The topological polar surface area (TPSA) is 62.0 Å². The number of aryl methyl sites for hydroxylation is 1. The third kappa shape index (κ3) is 3.66. The first-order chi connectivity index (χ1) is 11.1. The van der Waals surface area contributed by atoms with E-state index in [1.54, 1.807) is 0 Å². The van der Waals surface area contributed by atoms with Crippen molar-refractivity contribution in [3.8, 4) is 0 Å². The first-order valence-corrected chi connectivity index (χ1v) is 7.55. The largest absolute Gasteiger partial charge is 0.352 e. The molecule has 0 aliphatic rings. The Morgan fingerprint density at radius 2 is 1.83 bits per heavy atom. The maximum Gasteiger partial charge on any atom is 0.253 e. The Bertz CT molecular complexity index is 895. The molecule has 0 aliphatic carbocycles. The molecule has 4 heteroatoms. The lowest BCUT2D eigenvalue weighted by atomic mass is 10.1. The van der Waals surface area contributed by atoms with E-state index >= 15 is 0 Å². The Labute approximate surface area is 134 Å². The van der Waals surface area contributed by atoms with E-state index in [9.17, 15) is 9.59 Å². The quantitative estimate of drug-likeness (QED) is 0.778. The Balaban J connectivity index is 1.68. The van der Waals surface area contributed by atoms with Crippen LogP contribution < -0.4 is 10.9 Å². The van der Waals surface area contributed by atoms with Crippen LogP contribution in [0.4, 0.5) is 0 Å². The highest BCUT2D eigenvalue weighted by Gasteiger charge is 2.06. The van der Waals surface area contributed by atoms with Gasteiger partial charge in [0.25, 0.3) is 5.56 Å². The molecule has 3 rings (SSSR count). The number of fused-ring (bicyclic) bond motifs is 1. The highest BCUT2D eigenvalue weighted by Crippen LogP contribution is 2.10. The number of rotatable bonds is 4. The molecule has 2 N–H and O–H groups in total. The lowest BCUT2D eigenvalue weighted by Gasteiger charge is -2.06. The van der Waals surface area contributed by atoms with Crippen molar-refractivity contribution in [1.82, 2.24) is 10.3 Å². The fourth-order valence-electron chi connectivity index (χ4n) is 2.47. The van der Waals surface area contributed by atoms with Gasteiger partial charge in [-0.1, -0.05) is 48.0 Å². The molecule has 4 nitrogen and oxygen atoms in total. The monoisotopic (exact) mass is 306 g/mol. The smallest absolute Gasteiger partial charge is 0.253 e. The number of hydrogen-bond donors (Lipinski definition) is 2. The van der Waals surface area contributed by atoms with E-state index in [2.05, 4.69) is 10.3 Å². The Hall–Kier alpha value is -2.88. The summed E-state index contributed by atoms with van der Waals surface area (Å²) in [5.41, 5.74) is 3.31.